The van der Waals surface area contributed by atoms with Gasteiger partial charge in [-0.3, -0.25) is 4.79 Å². The van der Waals surface area contributed by atoms with Crippen molar-refractivity contribution in [2.75, 3.05) is 0 Å². The van der Waals surface area contributed by atoms with Crippen LogP contribution < -0.4 is 0 Å². The maximum atomic E-state index is 12.6. The van der Waals surface area contributed by atoms with Crippen LogP contribution in [0.15, 0.2) is 24.3 Å². The number of rotatable bonds is 1. The molecular formula is C15H13ClN2OS. The summed E-state index contributed by atoms with van der Waals surface area (Å²) in [6.45, 7) is 5.76. The Morgan fingerprint density at radius 1 is 1.25 bits per heavy atom. The predicted molar refractivity (Wildman–Crippen MR) is 83.0 cm³/mol. The van der Waals surface area contributed by atoms with Crippen LogP contribution in [0, 0.1) is 20.8 Å². The molecule has 2 aromatic heterocycles. The zero-order chi connectivity index (χ0) is 14.4. The van der Waals surface area contributed by atoms with Crippen LogP contribution in [-0.4, -0.2) is 15.7 Å². The van der Waals surface area contributed by atoms with Crippen molar-refractivity contribution >= 4 is 38.9 Å². The van der Waals surface area contributed by atoms with E-state index in [9.17, 15) is 4.79 Å². The van der Waals surface area contributed by atoms with E-state index in [1.54, 1.807) is 0 Å². The zero-order valence-corrected chi connectivity index (χ0v) is 13.0. The lowest BCUT2D eigenvalue weighted by molar-refractivity contribution is 0.0946. The van der Waals surface area contributed by atoms with Crippen LogP contribution in [0.5, 0.6) is 0 Å². The van der Waals surface area contributed by atoms with Gasteiger partial charge in [0.1, 0.15) is 4.88 Å². The molecule has 0 atom stereocenters. The Morgan fingerprint density at radius 3 is 2.65 bits per heavy atom. The van der Waals surface area contributed by atoms with Crippen molar-refractivity contribution in [3.63, 3.8) is 0 Å². The molecule has 0 aliphatic carbocycles. The van der Waals surface area contributed by atoms with Gasteiger partial charge in [-0.25, -0.2) is 4.68 Å². The molecule has 2 heterocycles. The van der Waals surface area contributed by atoms with Gasteiger partial charge in [0.2, 0.25) is 0 Å². The van der Waals surface area contributed by atoms with Crippen LogP contribution in [0.2, 0.25) is 5.02 Å². The highest BCUT2D eigenvalue weighted by molar-refractivity contribution is 7.21. The fourth-order valence-electron chi connectivity index (χ4n) is 2.24. The van der Waals surface area contributed by atoms with Crippen molar-refractivity contribution in [3.05, 3.63) is 51.1 Å². The molecule has 3 rings (SSSR count). The Kier molecular flexibility index (Phi) is 3.15. The smallest absolute Gasteiger partial charge is 0.266 e. The maximum absolute atomic E-state index is 12.6. The van der Waals surface area contributed by atoms with Gasteiger partial charge in [-0.2, -0.15) is 5.10 Å². The van der Waals surface area contributed by atoms with Crippen LogP contribution in [0.3, 0.4) is 0 Å². The summed E-state index contributed by atoms with van der Waals surface area (Å²) < 4.78 is 2.44. The summed E-state index contributed by atoms with van der Waals surface area (Å²) >= 11 is 7.78. The van der Waals surface area contributed by atoms with Crippen LogP contribution in [0.25, 0.3) is 10.1 Å². The molecule has 0 saturated carbocycles. The summed E-state index contributed by atoms with van der Waals surface area (Å²) in [5.74, 6) is -0.167. The highest BCUT2D eigenvalue weighted by atomic mass is 35.5. The Morgan fingerprint density at radius 2 is 2.00 bits per heavy atom. The molecule has 0 bridgehead atoms. The quantitative estimate of drug-likeness (QED) is 0.669. The second-order valence-corrected chi connectivity index (χ2v) is 6.32. The third-order valence-corrected chi connectivity index (χ3v) is 4.83. The number of thiophene rings is 1. The largest absolute Gasteiger partial charge is 0.290 e. The second-order valence-electron chi connectivity index (χ2n) is 4.89. The number of nitrogens with zero attached hydrogens (tertiary/aromatic N) is 2. The maximum Gasteiger partial charge on any atom is 0.290 e. The average Bonchev–Trinajstić information content (AvgIpc) is 2.89. The molecule has 0 radical (unpaired) electrons. The molecule has 0 N–H and O–H groups in total. The summed E-state index contributed by atoms with van der Waals surface area (Å²) in [5.41, 5.74) is 2.79. The minimum Gasteiger partial charge on any atom is -0.266 e. The van der Waals surface area contributed by atoms with Crippen LogP contribution in [0.1, 0.15) is 26.6 Å². The molecule has 102 valence electrons. The second kappa shape index (κ2) is 4.72. The summed E-state index contributed by atoms with van der Waals surface area (Å²) in [4.78, 5) is 13.1. The van der Waals surface area contributed by atoms with E-state index in [1.807, 2.05) is 45.0 Å². The number of aryl methyl sites for hydroxylation is 3. The molecule has 0 saturated heterocycles. The van der Waals surface area contributed by atoms with Gasteiger partial charge in [0.05, 0.1) is 10.7 Å². The van der Waals surface area contributed by atoms with E-state index in [1.165, 1.54) is 16.0 Å². The van der Waals surface area contributed by atoms with E-state index in [4.69, 9.17) is 11.6 Å². The van der Waals surface area contributed by atoms with Gasteiger partial charge < -0.3 is 0 Å². The van der Waals surface area contributed by atoms with E-state index in [0.717, 1.165) is 27.0 Å². The van der Waals surface area contributed by atoms with Crippen molar-refractivity contribution < 1.29 is 4.79 Å². The molecule has 0 spiro atoms. The van der Waals surface area contributed by atoms with Crippen LogP contribution in [-0.2, 0) is 0 Å². The van der Waals surface area contributed by atoms with Gasteiger partial charge in [-0.1, -0.05) is 23.7 Å². The summed E-state index contributed by atoms with van der Waals surface area (Å²) in [6, 6.07) is 7.88. The van der Waals surface area contributed by atoms with E-state index in [-0.39, 0.29) is 5.91 Å². The van der Waals surface area contributed by atoms with Crippen LogP contribution in [0.4, 0.5) is 0 Å². The molecule has 0 fully saturated rings. The molecule has 0 aliphatic heterocycles. The Balaban J connectivity index is 2.17. The number of benzene rings is 1. The highest BCUT2D eigenvalue weighted by Gasteiger charge is 2.20. The van der Waals surface area contributed by atoms with Gasteiger partial charge in [0.15, 0.2) is 0 Å². The Hall–Kier alpha value is -1.65. The summed E-state index contributed by atoms with van der Waals surface area (Å²) in [6.07, 6.45) is 0. The van der Waals surface area contributed by atoms with E-state index in [2.05, 4.69) is 5.10 Å². The van der Waals surface area contributed by atoms with Gasteiger partial charge in [0, 0.05) is 15.8 Å². The topological polar surface area (TPSA) is 34.9 Å². The SMILES string of the molecule is Cc1ccc2c(Cl)c(C(=O)n3nc(C)cc3C)sc2c1. The molecule has 3 nitrogen and oxygen atoms in total. The number of carbonyl (C=O) groups excluding carboxylic acids is 1. The van der Waals surface area contributed by atoms with Crippen molar-refractivity contribution in [3.8, 4) is 0 Å². The first-order chi connectivity index (χ1) is 9.47. The lowest BCUT2D eigenvalue weighted by Crippen LogP contribution is -2.14. The summed E-state index contributed by atoms with van der Waals surface area (Å²) in [5, 5.41) is 5.67. The fourth-order valence-corrected chi connectivity index (χ4v) is 3.78. The van der Waals surface area contributed by atoms with Crippen molar-refractivity contribution in [1.82, 2.24) is 9.78 Å². The molecule has 20 heavy (non-hydrogen) atoms. The molecule has 5 heteroatoms. The first kappa shape index (κ1) is 13.3. The molecular weight excluding hydrogens is 292 g/mol. The Bertz CT molecular complexity index is 832. The monoisotopic (exact) mass is 304 g/mol. The molecule has 0 aliphatic rings. The summed E-state index contributed by atoms with van der Waals surface area (Å²) in [7, 11) is 0. The molecule has 1 aromatic carbocycles. The van der Waals surface area contributed by atoms with E-state index < -0.39 is 0 Å². The molecule has 3 aromatic rings. The minimum absolute atomic E-state index is 0.167. The zero-order valence-electron chi connectivity index (χ0n) is 11.4. The molecule has 0 unspecified atom stereocenters. The minimum atomic E-state index is -0.167. The van der Waals surface area contributed by atoms with Gasteiger partial charge in [0.25, 0.3) is 5.91 Å². The average molecular weight is 305 g/mol. The number of hydrogen-bond acceptors (Lipinski definition) is 3. The van der Waals surface area contributed by atoms with Gasteiger partial charge in [-0.05, 0) is 38.5 Å². The number of fused-ring (bicyclic) bond motifs is 1. The third kappa shape index (κ3) is 2.05. The number of aromatic nitrogens is 2. The lowest BCUT2D eigenvalue weighted by atomic mass is 10.2. The first-order valence-electron chi connectivity index (χ1n) is 6.24. The van der Waals surface area contributed by atoms with Crippen LogP contribution >= 0.6 is 22.9 Å². The first-order valence-corrected chi connectivity index (χ1v) is 7.43. The molecule has 0 amide bonds. The number of hydrogen-bond donors (Lipinski definition) is 0. The third-order valence-electron chi connectivity index (χ3n) is 3.18. The van der Waals surface area contributed by atoms with Crippen molar-refractivity contribution in [2.45, 2.75) is 20.8 Å². The van der Waals surface area contributed by atoms with Crippen molar-refractivity contribution in [1.29, 1.82) is 0 Å². The number of halogens is 1. The normalized spacial score (nSPS) is 11.2. The highest BCUT2D eigenvalue weighted by Crippen LogP contribution is 2.36. The standard InChI is InChI=1S/C15H13ClN2OS/c1-8-4-5-11-12(6-8)20-14(13(11)16)15(19)18-10(3)7-9(2)17-18/h4-7H,1-3H3. The van der Waals surface area contributed by atoms with E-state index in [0.29, 0.717) is 9.90 Å². The van der Waals surface area contributed by atoms with Gasteiger partial charge in [-0.15, -0.1) is 11.3 Å². The Labute approximate surface area is 125 Å². The predicted octanol–water partition coefficient (Wildman–Crippen LogP) is 4.36. The van der Waals surface area contributed by atoms with E-state index >= 15 is 0 Å². The van der Waals surface area contributed by atoms with Gasteiger partial charge >= 0.3 is 0 Å². The lowest BCUT2D eigenvalue weighted by Gasteiger charge is -2.00. The van der Waals surface area contributed by atoms with Crippen molar-refractivity contribution in [2.24, 2.45) is 0 Å². The fraction of sp³-hybridized carbons (Fsp3) is 0.200. The number of carbonyl (C=O) groups is 1.